The third kappa shape index (κ3) is 4.32. The molecule has 0 saturated carbocycles. The van der Waals surface area contributed by atoms with Crippen LogP contribution in [0.25, 0.3) is 10.9 Å². The molecule has 0 aliphatic rings. The van der Waals surface area contributed by atoms with Gasteiger partial charge in [-0.2, -0.15) is 0 Å². The molecule has 4 aromatic rings. The summed E-state index contributed by atoms with van der Waals surface area (Å²) in [4.78, 5) is 19.9. The maximum atomic E-state index is 13.4. The first kappa shape index (κ1) is 20.4. The Kier molecular flexibility index (Phi) is 5.75. The number of H-pyrrole nitrogens is 1. The molecule has 4 nitrogen and oxygen atoms in total. The van der Waals surface area contributed by atoms with Gasteiger partial charge in [0.05, 0.1) is 5.52 Å². The lowest BCUT2D eigenvalue weighted by atomic mass is 10.0. The fraction of sp³-hybridized carbons (Fsp3) is 0.130. The number of nitrogens with zero attached hydrogens (tertiary/aromatic N) is 1. The lowest BCUT2D eigenvalue weighted by Gasteiger charge is -2.09. The first-order chi connectivity index (χ1) is 14.4. The number of hydrogen-bond donors (Lipinski definition) is 2. The third-order valence-electron chi connectivity index (χ3n) is 4.94. The number of aromatic amines is 1. The number of pyridine rings is 2. The molecule has 0 amide bonds. The van der Waals surface area contributed by atoms with Crippen LogP contribution in [-0.2, 0) is 12.8 Å². The normalized spacial score (nSPS) is 11.1. The predicted octanol–water partition coefficient (Wildman–Crippen LogP) is 6.21. The second-order valence-electron chi connectivity index (χ2n) is 7.07. The SMILES string of the molecule is Cc1cc(Nc2cc3[nH]c(=O)c(CCc4c(Cl)cccc4Cl)cc3cn2)ccc1F. The molecule has 30 heavy (non-hydrogen) atoms. The molecule has 2 aromatic heterocycles. The number of halogens is 3. The van der Waals surface area contributed by atoms with Crippen molar-refractivity contribution in [3.05, 3.63) is 97.6 Å². The minimum absolute atomic E-state index is 0.166. The molecular weight excluding hydrogens is 424 g/mol. The summed E-state index contributed by atoms with van der Waals surface area (Å²) in [5.41, 5.74) is 3.22. The minimum Gasteiger partial charge on any atom is -0.340 e. The number of hydrogen-bond acceptors (Lipinski definition) is 3. The number of nitrogens with one attached hydrogen (secondary N) is 2. The van der Waals surface area contributed by atoms with Crippen LogP contribution in [0.2, 0.25) is 10.0 Å². The van der Waals surface area contributed by atoms with Crippen molar-refractivity contribution in [2.45, 2.75) is 19.8 Å². The number of rotatable bonds is 5. The van der Waals surface area contributed by atoms with Gasteiger partial charge in [-0.1, -0.05) is 29.3 Å². The van der Waals surface area contributed by atoms with Gasteiger partial charge in [0, 0.05) is 38.9 Å². The summed E-state index contributed by atoms with van der Waals surface area (Å²) in [6, 6.07) is 13.7. The van der Waals surface area contributed by atoms with E-state index in [0.717, 1.165) is 16.6 Å². The van der Waals surface area contributed by atoms with Crippen molar-refractivity contribution < 1.29 is 4.39 Å². The van der Waals surface area contributed by atoms with Crippen LogP contribution in [0.4, 0.5) is 15.9 Å². The van der Waals surface area contributed by atoms with Crippen molar-refractivity contribution in [2.75, 3.05) is 5.32 Å². The summed E-state index contributed by atoms with van der Waals surface area (Å²) in [5, 5.41) is 5.13. The molecule has 4 rings (SSSR count). The quantitative estimate of drug-likeness (QED) is 0.387. The zero-order valence-electron chi connectivity index (χ0n) is 16.1. The third-order valence-corrected chi connectivity index (χ3v) is 5.65. The van der Waals surface area contributed by atoms with E-state index in [1.54, 1.807) is 49.5 Å². The monoisotopic (exact) mass is 441 g/mol. The van der Waals surface area contributed by atoms with Crippen LogP contribution in [0, 0.1) is 12.7 Å². The zero-order valence-corrected chi connectivity index (χ0v) is 17.6. The van der Waals surface area contributed by atoms with Crippen LogP contribution >= 0.6 is 23.2 Å². The van der Waals surface area contributed by atoms with E-state index in [2.05, 4.69) is 15.3 Å². The average molecular weight is 442 g/mol. The molecule has 0 spiro atoms. The Bertz CT molecular complexity index is 1280. The van der Waals surface area contributed by atoms with Gasteiger partial charge in [-0.3, -0.25) is 4.79 Å². The fourth-order valence-corrected chi connectivity index (χ4v) is 3.89. The molecule has 0 bridgehead atoms. The van der Waals surface area contributed by atoms with Gasteiger partial charge in [-0.25, -0.2) is 9.37 Å². The van der Waals surface area contributed by atoms with Gasteiger partial charge in [-0.05, 0) is 67.3 Å². The summed E-state index contributed by atoms with van der Waals surface area (Å²) < 4.78 is 13.4. The van der Waals surface area contributed by atoms with E-state index >= 15 is 0 Å². The molecule has 0 atom stereocenters. The van der Waals surface area contributed by atoms with Crippen LogP contribution in [-0.4, -0.2) is 9.97 Å². The number of aryl methyl sites for hydroxylation is 2. The molecule has 0 unspecified atom stereocenters. The van der Waals surface area contributed by atoms with E-state index in [0.29, 0.717) is 45.3 Å². The van der Waals surface area contributed by atoms with Gasteiger partial charge >= 0.3 is 0 Å². The molecule has 2 heterocycles. The van der Waals surface area contributed by atoms with Crippen molar-refractivity contribution in [3.63, 3.8) is 0 Å². The highest BCUT2D eigenvalue weighted by molar-refractivity contribution is 6.36. The van der Waals surface area contributed by atoms with Crippen LogP contribution in [0.3, 0.4) is 0 Å². The van der Waals surface area contributed by atoms with E-state index in [-0.39, 0.29) is 11.4 Å². The highest BCUT2D eigenvalue weighted by Gasteiger charge is 2.10. The molecule has 152 valence electrons. The maximum Gasteiger partial charge on any atom is 0.251 e. The number of anilines is 2. The molecule has 0 fully saturated rings. The largest absolute Gasteiger partial charge is 0.340 e. The highest BCUT2D eigenvalue weighted by atomic mass is 35.5. The Morgan fingerprint density at radius 2 is 1.83 bits per heavy atom. The van der Waals surface area contributed by atoms with Gasteiger partial charge in [0.25, 0.3) is 5.56 Å². The Labute approximate surface area is 182 Å². The van der Waals surface area contributed by atoms with Crippen molar-refractivity contribution in [1.29, 1.82) is 0 Å². The first-order valence-corrected chi connectivity index (χ1v) is 10.1. The topological polar surface area (TPSA) is 57.8 Å². The summed E-state index contributed by atoms with van der Waals surface area (Å²) in [5.74, 6) is 0.293. The van der Waals surface area contributed by atoms with E-state index in [1.807, 2.05) is 6.07 Å². The van der Waals surface area contributed by atoms with Crippen LogP contribution in [0.1, 0.15) is 16.7 Å². The Hall–Kier alpha value is -2.89. The summed E-state index contributed by atoms with van der Waals surface area (Å²) in [6.45, 7) is 1.70. The van der Waals surface area contributed by atoms with Crippen LogP contribution in [0.15, 0.2) is 59.5 Å². The zero-order chi connectivity index (χ0) is 21.3. The van der Waals surface area contributed by atoms with E-state index in [9.17, 15) is 9.18 Å². The second kappa shape index (κ2) is 8.46. The van der Waals surface area contributed by atoms with E-state index < -0.39 is 0 Å². The van der Waals surface area contributed by atoms with Gasteiger partial charge in [0.15, 0.2) is 0 Å². The fourth-order valence-electron chi connectivity index (χ4n) is 3.30. The van der Waals surface area contributed by atoms with Crippen LogP contribution in [0.5, 0.6) is 0 Å². The molecular formula is C23H18Cl2FN3O. The molecule has 0 radical (unpaired) electrons. The standard InChI is InChI=1S/C23H18Cl2FN3O/c1-13-9-16(6-8-20(13)26)28-22-11-21-15(12-27-22)10-14(23(30)29-21)5-7-17-18(24)3-2-4-19(17)25/h2-4,6,8-12H,5,7H2,1H3,(H,27,28)(H,29,30). The van der Waals surface area contributed by atoms with E-state index in [4.69, 9.17) is 23.2 Å². The van der Waals surface area contributed by atoms with E-state index in [1.165, 1.54) is 6.07 Å². The van der Waals surface area contributed by atoms with Gasteiger partial charge < -0.3 is 10.3 Å². The smallest absolute Gasteiger partial charge is 0.251 e. The van der Waals surface area contributed by atoms with Crippen molar-refractivity contribution in [2.24, 2.45) is 0 Å². The van der Waals surface area contributed by atoms with Gasteiger partial charge in [-0.15, -0.1) is 0 Å². The second-order valence-corrected chi connectivity index (χ2v) is 7.88. The Morgan fingerprint density at radius 3 is 2.57 bits per heavy atom. The Morgan fingerprint density at radius 1 is 1.07 bits per heavy atom. The Balaban J connectivity index is 1.57. The van der Waals surface area contributed by atoms with Crippen molar-refractivity contribution in [1.82, 2.24) is 9.97 Å². The molecule has 0 aliphatic carbocycles. The minimum atomic E-state index is -0.262. The van der Waals surface area contributed by atoms with Gasteiger partial charge in [0.1, 0.15) is 11.6 Å². The summed E-state index contributed by atoms with van der Waals surface area (Å²) >= 11 is 12.4. The average Bonchev–Trinajstić information content (AvgIpc) is 2.71. The lowest BCUT2D eigenvalue weighted by Crippen LogP contribution is -2.13. The number of aromatic nitrogens is 2. The van der Waals surface area contributed by atoms with Crippen LogP contribution < -0.4 is 10.9 Å². The first-order valence-electron chi connectivity index (χ1n) is 9.39. The maximum absolute atomic E-state index is 13.4. The molecule has 0 saturated heterocycles. The van der Waals surface area contributed by atoms with Crippen molar-refractivity contribution in [3.8, 4) is 0 Å². The highest BCUT2D eigenvalue weighted by Crippen LogP contribution is 2.26. The number of benzene rings is 2. The number of fused-ring (bicyclic) bond motifs is 1. The molecule has 0 aliphatic heterocycles. The molecule has 2 aromatic carbocycles. The molecule has 2 N–H and O–H groups in total. The predicted molar refractivity (Wildman–Crippen MR) is 121 cm³/mol. The summed E-state index contributed by atoms with van der Waals surface area (Å²) in [7, 11) is 0. The summed E-state index contributed by atoms with van der Waals surface area (Å²) in [6.07, 6.45) is 2.75. The van der Waals surface area contributed by atoms with Crippen molar-refractivity contribution >= 4 is 45.6 Å². The molecule has 7 heteroatoms. The van der Waals surface area contributed by atoms with Gasteiger partial charge in [0.2, 0.25) is 0 Å². The lowest BCUT2D eigenvalue weighted by molar-refractivity contribution is 0.619.